The molecule has 2 atom stereocenters. The van der Waals surface area contributed by atoms with Crippen LogP contribution in [0.2, 0.25) is 0 Å². The first kappa shape index (κ1) is 22.3. The fourth-order valence-corrected chi connectivity index (χ4v) is 5.89. The fourth-order valence-electron chi connectivity index (χ4n) is 4.06. The lowest BCUT2D eigenvalue weighted by Crippen LogP contribution is -2.33. The van der Waals surface area contributed by atoms with Crippen LogP contribution in [0.15, 0.2) is 70.2 Å². The predicted molar refractivity (Wildman–Crippen MR) is 115 cm³/mol. The van der Waals surface area contributed by atoms with E-state index in [4.69, 9.17) is 4.42 Å². The van der Waals surface area contributed by atoms with Gasteiger partial charge in [0.1, 0.15) is 0 Å². The van der Waals surface area contributed by atoms with Gasteiger partial charge in [-0.1, -0.05) is 36.4 Å². The summed E-state index contributed by atoms with van der Waals surface area (Å²) in [5, 5.41) is 22.3. The highest BCUT2D eigenvalue weighted by molar-refractivity contribution is 7.89. The molecule has 0 radical (unpaired) electrons. The van der Waals surface area contributed by atoms with E-state index in [9.17, 15) is 22.3 Å². The number of rotatable bonds is 6. The van der Waals surface area contributed by atoms with E-state index in [2.05, 4.69) is 15.3 Å². The van der Waals surface area contributed by atoms with Gasteiger partial charge in [-0.15, -0.1) is 10.2 Å². The average Bonchev–Trinajstić information content (AvgIpc) is 3.54. The molecule has 5 rings (SSSR count). The Balaban J connectivity index is 1.56. The molecule has 2 aromatic carbocycles. The molecule has 0 bridgehead atoms. The third-order valence-corrected chi connectivity index (χ3v) is 7.58. The number of hydrogen-bond acceptors (Lipinski definition) is 7. The molecule has 1 aliphatic rings. The summed E-state index contributed by atoms with van der Waals surface area (Å²) in [4.78, 5) is -0.0176. The Bertz CT molecular complexity index is 1440. The maximum absolute atomic E-state index is 13.6. The maximum Gasteiger partial charge on any atom is 0.314 e. The van der Waals surface area contributed by atoms with Gasteiger partial charge in [0, 0.05) is 30.9 Å². The summed E-state index contributed by atoms with van der Waals surface area (Å²) in [5.41, 5.74) is 1.76. The molecule has 9 nitrogen and oxygen atoms in total. The summed E-state index contributed by atoms with van der Waals surface area (Å²) in [6, 6.07) is 12.2. The van der Waals surface area contributed by atoms with Gasteiger partial charge in [-0.2, -0.15) is 18.2 Å². The van der Waals surface area contributed by atoms with Crippen LogP contribution in [0.3, 0.4) is 0 Å². The summed E-state index contributed by atoms with van der Waals surface area (Å²) in [6.07, 6.45) is -0.927. The summed E-state index contributed by atoms with van der Waals surface area (Å²) >= 11 is 0. The van der Waals surface area contributed by atoms with Crippen molar-refractivity contribution in [3.63, 3.8) is 0 Å². The SMILES string of the molecule is Cn1cc([C@@H]([C@@H](O)c2ccccc2)N2Cc3ccc(-c4nnc(C(F)F)o4)cc3S2(=O)=O)cn1. The standard InChI is InChI=1S/C22H19F2N5O4S/c1-28-11-16(10-25-28)18(19(30)13-5-3-2-4-6-13)29-12-15-8-7-14(9-17(15)34(29,31)32)21-26-27-22(33-21)20(23)24/h2-11,18-20,30H,12H2,1H3/t18-,19-/m0/s1. The van der Waals surface area contributed by atoms with Crippen molar-refractivity contribution in [1.29, 1.82) is 0 Å². The molecule has 0 fully saturated rings. The molecular formula is C22H19F2N5O4S. The van der Waals surface area contributed by atoms with E-state index in [0.29, 0.717) is 16.7 Å². The Kier molecular flexibility index (Phi) is 5.50. The number of aryl methyl sites for hydroxylation is 1. The summed E-state index contributed by atoms with van der Waals surface area (Å²) < 4.78 is 60.7. The molecule has 12 heteroatoms. The van der Waals surface area contributed by atoms with Gasteiger partial charge in [-0.3, -0.25) is 4.68 Å². The van der Waals surface area contributed by atoms with Crippen molar-refractivity contribution >= 4 is 10.0 Å². The van der Waals surface area contributed by atoms with Gasteiger partial charge in [0.05, 0.1) is 23.2 Å². The van der Waals surface area contributed by atoms with Crippen LogP contribution in [0, 0.1) is 0 Å². The van der Waals surface area contributed by atoms with Crippen molar-refractivity contribution in [3.05, 3.63) is 83.5 Å². The lowest BCUT2D eigenvalue weighted by atomic mass is 9.97. The minimum absolute atomic E-state index is 0.00746. The minimum atomic E-state index is -4.08. The van der Waals surface area contributed by atoms with Crippen molar-refractivity contribution in [3.8, 4) is 11.5 Å². The Labute approximate surface area is 193 Å². The van der Waals surface area contributed by atoms with E-state index in [1.807, 2.05) is 0 Å². The Morgan fingerprint density at radius 1 is 1.09 bits per heavy atom. The highest BCUT2D eigenvalue weighted by atomic mass is 32.2. The zero-order chi connectivity index (χ0) is 24.0. The van der Waals surface area contributed by atoms with Crippen LogP contribution in [-0.4, -0.2) is 37.8 Å². The monoisotopic (exact) mass is 487 g/mol. The Morgan fingerprint density at radius 2 is 1.85 bits per heavy atom. The molecule has 0 saturated carbocycles. The first-order valence-corrected chi connectivity index (χ1v) is 11.7. The highest BCUT2D eigenvalue weighted by Gasteiger charge is 2.43. The molecule has 0 aliphatic carbocycles. The summed E-state index contributed by atoms with van der Waals surface area (Å²) in [7, 11) is -2.38. The van der Waals surface area contributed by atoms with Crippen LogP contribution in [0.1, 0.15) is 41.2 Å². The molecule has 0 saturated heterocycles. The molecular weight excluding hydrogens is 468 g/mol. The first-order valence-electron chi connectivity index (χ1n) is 10.2. The largest absolute Gasteiger partial charge is 0.415 e. The number of aliphatic hydroxyl groups is 1. The van der Waals surface area contributed by atoms with Gasteiger partial charge >= 0.3 is 6.43 Å². The number of hydrogen-bond donors (Lipinski definition) is 1. The molecule has 176 valence electrons. The average molecular weight is 487 g/mol. The highest BCUT2D eigenvalue weighted by Crippen LogP contribution is 2.43. The summed E-state index contributed by atoms with van der Waals surface area (Å²) in [6.45, 7) is 0.00746. The molecule has 3 heterocycles. The van der Waals surface area contributed by atoms with E-state index in [0.717, 1.165) is 0 Å². The third kappa shape index (κ3) is 3.79. The van der Waals surface area contributed by atoms with Gasteiger partial charge in [0.25, 0.3) is 5.89 Å². The lowest BCUT2D eigenvalue weighted by Gasteiger charge is -2.30. The molecule has 1 N–H and O–H groups in total. The van der Waals surface area contributed by atoms with E-state index >= 15 is 0 Å². The molecule has 1 aliphatic heterocycles. The minimum Gasteiger partial charge on any atom is -0.415 e. The zero-order valence-corrected chi connectivity index (χ0v) is 18.6. The van der Waals surface area contributed by atoms with E-state index in [1.165, 1.54) is 27.3 Å². The Hall–Kier alpha value is -3.48. The van der Waals surface area contributed by atoms with Gasteiger partial charge in [0.15, 0.2) is 0 Å². The molecule has 0 amide bonds. The van der Waals surface area contributed by atoms with Gasteiger partial charge < -0.3 is 9.52 Å². The number of alkyl halides is 2. The van der Waals surface area contributed by atoms with Gasteiger partial charge in [-0.25, -0.2) is 8.42 Å². The van der Waals surface area contributed by atoms with Crippen LogP contribution in [0.5, 0.6) is 0 Å². The van der Waals surface area contributed by atoms with Crippen molar-refractivity contribution in [1.82, 2.24) is 24.3 Å². The van der Waals surface area contributed by atoms with Crippen molar-refractivity contribution in [2.24, 2.45) is 7.05 Å². The second-order valence-corrected chi connectivity index (χ2v) is 9.73. The van der Waals surface area contributed by atoms with Crippen molar-refractivity contribution < 1.29 is 26.7 Å². The molecule has 0 unspecified atom stereocenters. The summed E-state index contributed by atoms with van der Waals surface area (Å²) in [5.74, 6) is -1.05. The van der Waals surface area contributed by atoms with E-state index < -0.39 is 34.5 Å². The number of benzene rings is 2. The number of nitrogens with zero attached hydrogens (tertiary/aromatic N) is 5. The number of sulfonamides is 1. The van der Waals surface area contributed by atoms with Crippen molar-refractivity contribution in [2.75, 3.05) is 0 Å². The normalized spacial score (nSPS) is 17.1. The lowest BCUT2D eigenvalue weighted by molar-refractivity contribution is 0.0885. The van der Waals surface area contributed by atoms with E-state index in [-0.39, 0.29) is 22.9 Å². The van der Waals surface area contributed by atoms with Crippen LogP contribution in [0.4, 0.5) is 8.78 Å². The van der Waals surface area contributed by atoms with Crippen LogP contribution in [-0.2, 0) is 23.6 Å². The molecule has 2 aromatic heterocycles. The number of fused-ring (bicyclic) bond motifs is 1. The smallest absolute Gasteiger partial charge is 0.314 e. The second-order valence-electron chi connectivity index (χ2n) is 7.87. The van der Waals surface area contributed by atoms with Gasteiger partial charge in [-0.05, 0) is 23.3 Å². The molecule has 4 aromatic rings. The topological polar surface area (TPSA) is 114 Å². The Morgan fingerprint density at radius 3 is 2.50 bits per heavy atom. The maximum atomic E-state index is 13.6. The van der Waals surface area contributed by atoms with Crippen molar-refractivity contribution in [2.45, 2.75) is 30.0 Å². The van der Waals surface area contributed by atoms with Crippen LogP contribution in [0.25, 0.3) is 11.5 Å². The predicted octanol–water partition coefficient (Wildman–Crippen LogP) is 3.39. The fraction of sp³-hybridized carbons (Fsp3) is 0.227. The van der Waals surface area contributed by atoms with Crippen LogP contribution < -0.4 is 0 Å². The number of aliphatic hydroxyl groups excluding tert-OH is 1. The van der Waals surface area contributed by atoms with Gasteiger partial charge in [0.2, 0.25) is 15.9 Å². The van der Waals surface area contributed by atoms with E-state index in [1.54, 1.807) is 49.6 Å². The van der Waals surface area contributed by atoms with Crippen LogP contribution >= 0.6 is 0 Å². The molecule has 34 heavy (non-hydrogen) atoms. The second kappa shape index (κ2) is 8.38. The quantitative estimate of drug-likeness (QED) is 0.443. The zero-order valence-electron chi connectivity index (χ0n) is 17.8. The first-order chi connectivity index (χ1) is 16.3. The number of halogens is 2. The third-order valence-electron chi connectivity index (χ3n) is 5.67. The molecule has 0 spiro atoms. The number of aromatic nitrogens is 4.